The van der Waals surface area contributed by atoms with Gasteiger partial charge < -0.3 is 10.3 Å². The number of hydroxylamine groups is 1. The number of carbonyl (C=O) groups is 2. The van der Waals surface area contributed by atoms with Crippen LogP contribution in [0.5, 0.6) is 0 Å². The third-order valence-electron chi connectivity index (χ3n) is 1.53. The molecule has 0 aromatic rings. The quantitative estimate of drug-likeness (QED) is 0.281. The summed E-state index contributed by atoms with van der Waals surface area (Å²) in [7, 11) is -4.05. The molecule has 0 aliphatic heterocycles. The Morgan fingerprint density at radius 1 is 1.38 bits per heavy atom. The number of carbonyl (C=O) groups excluding carboxylic acids is 1. The maximum absolute atomic E-state index is 11.2. The van der Waals surface area contributed by atoms with E-state index in [1.165, 1.54) is 12.4 Å². The number of sulfone groups is 1. The first-order chi connectivity index (χ1) is 7.35. The van der Waals surface area contributed by atoms with Gasteiger partial charge in [-0.05, 0) is 6.42 Å². The molecular weight excluding hydrogens is 244 g/mol. The summed E-state index contributed by atoms with van der Waals surface area (Å²) in [6.45, 7) is 1.40. The van der Waals surface area contributed by atoms with E-state index in [4.69, 9.17) is 15.5 Å². The van der Waals surface area contributed by atoms with Gasteiger partial charge in [0.2, 0.25) is 0 Å². The molecular formula is C6H14N2O7S. The molecule has 9 nitrogen and oxygen atoms in total. The molecule has 1 atom stereocenters. The monoisotopic (exact) mass is 258 g/mol. The molecule has 0 fully saturated rings. The fourth-order valence-electron chi connectivity index (χ4n) is 0.947. The highest BCUT2D eigenvalue weighted by atomic mass is 32.2. The first-order valence-corrected chi connectivity index (χ1v) is 5.69. The Balaban J connectivity index is 0. The summed E-state index contributed by atoms with van der Waals surface area (Å²) in [5, 5.41) is 21.5. The largest absolute Gasteiger partial charge is 0.480 e. The molecule has 0 aromatic carbocycles. The molecule has 0 aliphatic rings. The molecule has 0 radical (unpaired) electrons. The molecule has 0 aliphatic carbocycles. The highest BCUT2D eigenvalue weighted by Crippen LogP contribution is 2.07. The van der Waals surface area contributed by atoms with Gasteiger partial charge >= 0.3 is 5.97 Å². The van der Waals surface area contributed by atoms with Gasteiger partial charge in [0.25, 0.3) is 5.91 Å². The fourth-order valence-corrected chi connectivity index (χ4v) is 2.38. The number of nitrogens with two attached hydrogens (primary N) is 1. The minimum atomic E-state index is -4.05. The molecule has 6 N–H and O–H groups in total. The zero-order valence-electron chi connectivity index (χ0n) is 8.45. The number of hydrogen-bond acceptors (Lipinski definition) is 7. The predicted octanol–water partition coefficient (Wildman–Crippen LogP) is -1.90. The van der Waals surface area contributed by atoms with Crippen LogP contribution in [0.15, 0.2) is 0 Å². The molecule has 1 unspecified atom stereocenters. The van der Waals surface area contributed by atoms with Gasteiger partial charge in [-0.2, -0.15) is 0 Å². The van der Waals surface area contributed by atoms with Crippen molar-refractivity contribution in [1.82, 2.24) is 5.48 Å². The number of amides is 1. The average molecular weight is 258 g/mol. The lowest BCUT2D eigenvalue weighted by atomic mass is 10.3. The van der Waals surface area contributed by atoms with Gasteiger partial charge in [-0.25, -0.2) is 19.8 Å². The van der Waals surface area contributed by atoms with Crippen molar-refractivity contribution in [2.75, 3.05) is 5.75 Å². The smallest absolute Gasteiger partial charge is 0.318 e. The third kappa shape index (κ3) is 5.60. The van der Waals surface area contributed by atoms with Crippen LogP contribution in [0.25, 0.3) is 0 Å². The molecule has 0 bridgehead atoms. The third-order valence-corrected chi connectivity index (χ3v) is 3.60. The van der Waals surface area contributed by atoms with Crippen LogP contribution in [0.1, 0.15) is 13.3 Å². The number of rotatable bonds is 5. The first kappa shape index (κ1) is 17.2. The van der Waals surface area contributed by atoms with E-state index in [1.807, 2.05) is 0 Å². The zero-order valence-corrected chi connectivity index (χ0v) is 9.27. The first-order valence-electron chi connectivity index (χ1n) is 3.98. The molecule has 0 saturated carbocycles. The summed E-state index contributed by atoms with van der Waals surface area (Å²) >= 11 is 0. The van der Waals surface area contributed by atoms with Gasteiger partial charge in [-0.1, -0.05) is 6.92 Å². The lowest BCUT2D eigenvalue weighted by Gasteiger charge is -2.11. The highest BCUT2D eigenvalue weighted by Gasteiger charge is 2.32. The van der Waals surface area contributed by atoms with E-state index >= 15 is 0 Å². The van der Waals surface area contributed by atoms with Gasteiger partial charge in [-0.3, -0.25) is 14.8 Å². The molecule has 96 valence electrons. The van der Waals surface area contributed by atoms with Crippen molar-refractivity contribution in [1.29, 1.82) is 0 Å². The maximum atomic E-state index is 11.2. The molecule has 1 amide bonds. The summed E-state index contributed by atoms with van der Waals surface area (Å²) in [4.78, 5) is 21.0. The van der Waals surface area contributed by atoms with Gasteiger partial charge in [0.05, 0.1) is 0 Å². The van der Waals surface area contributed by atoms with E-state index < -0.39 is 32.7 Å². The van der Waals surface area contributed by atoms with Gasteiger partial charge in [0.1, 0.15) is 11.0 Å². The molecule has 10 heteroatoms. The molecule has 0 rings (SSSR count). The number of nitrogens with one attached hydrogen (secondary N) is 1. The van der Waals surface area contributed by atoms with E-state index in [1.54, 1.807) is 0 Å². The molecule has 0 spiro atoms. The van der Waals surface area contributed by atoms with Crippen molar-refractivity contribution in [3.63, 3.8) is 0 Å². The molecule has 16 heavy (non-hydrogen) atoms. The van der Waals surface area contributed by atoms with Crippen molar-refractivity contribution >= 4 is 21.7 Å². The Labute approximate surface area is 91.7 Å². The highest BCUT2D eigenvalue weighted by molar-refractivity contribution is 7.93. The second-order valence-electron chi connectivity index (χ2n) is 2.57. The van der Waals surface area contributed by atoms with Gasteiger partial charge in [0.15, 0.2) is 9.84 Å². The van der Waals surface area contributed by atoms with Crippen LogP contribution in [0, 0.1) is 0 Å². The number of carboxylic acid groups (broad SMARTS) is 1. The lowest BCUT2D eigenvalue weighted by molar-refractivity contribution is -0.134. The molecule has 0 aromatic heterocycles. The fraction of sp³-hybridized carbons (Fsp3) is 0.667. The summed E-state index contributed by atoms with van der Waals surface area (Å²) in [5.41, 5.74) is 1.18. The Hall–Kier alpha value is -1.23. The topological polar surface area (TPSA) is 167 Å². The predicted molar refractivity (Wildman–Crippen MR) is 51.4 cm³/mol. The Bertz CT molecular complexity index is 326. The zero-order chi connectivity index (χ0) is 13.4. The Kier molecular flexibility index (Phi) is 8.57. The van der Waals surface area contributed by atoms with Crippen LogP contribution in [-0.4, -0.2) is 46.8 Å². The van der Waals surface area contributed by atoms with Gasteiger partial charge in [-0.15, -0.1) is 0 Å². The molecule has 0 saturated heterocycles. The van der Waals surface area contributed by atoms with E-state index in [0.717, 1.165) is 0 Å². The van der Waals surface area contributed by atoms with Gasteiger partial charge in [0, 0.05) is 0 Å². The minimum Gasteiger partial charge on any atom is -0.480 e. The summed E-state index contributed by atoms with van der Waals surface area (Å²) in [6, 6.07) is 0. The van der Waals surface area contributed by atoms with Crippen molar-refractivity contribution in [3.8, 4) is 0 Å². The second-order valence-corrected chi connectivity index (χ2v) is 4.76. The number of hydrogen-bond donors (Lipinski definition) is 5. The van der Waals surface area contributed by atoms with Crippen LogP contribution < -0.4 is 11.4 Å². The summed E-state index contributed by atoms with van der Waals surface area (Å²) in [6.07, 6.45) is -0.0952. The van der Waals surface area contributed by atoms with Crippen LogP contribution in [0.4, 0.5) is 0 Å². The summed E-state index contributed by atoms with van der Waals surface area (Å²) in [5.74, 6) is -0.276. The van der Waals surface area contributed by atoms with E-state index in [2.05, 4.69) is 5.90 Å². The minimum absolute atomic E-state index is 0.0952. The van der Waals surface area contributed by atoms with Crippen LogP contribution >= 0.6 is 0 Å². The van der Waals surface area contributed by atoms with Crippen LogP contribution in [-0.2, 0) is 19.4 Å². The van der Waals surface area contributed by atoms with Crippen LogP contribution in [0.3, 0.4) is 0 Å². The van der Waals surface area contributed by atoms with Crippen molar-refractivity contribution < 1.29 is 33.5 Å². The Morgan fingerprint density at radius 3 is 2.06 bits per heavy atom. The summed E-state index contributed by atoms with van der Waals surface area (Å²) < 4.78 is 22.4. The normalized spacial score (nSPS) is 12.0. The van der Waals surface area contributed by atoms with E-state index in [0.29, 0.717) is 0 Å². The SMILES string of the molecule is CCC(C(=O)NO)S(=O)(=O)CC(=O)O.NO. The number of carboxylic acids is 1. The van der Waals surface area contributed by atoms with Crippen molar-refractivity contribution in [2.24, 2.45) is 5.90 Å². The second kappa shape index (κ2) is 7.98. The maximum Gasteiger partial charge on any atom is 0.318 e. The Morgan fingerprint density at radius 2 is 1.81 bits per heavy atom. The number of aliphatic carboxylic acids is 1. The van der Waals surface area contributed by atoms with E-state index in [-0.39, 0.29) is 6.42 Å². The van der Waals surface area contributed by atoms with Crippen LogP contribution in [0.2, 0.25) is 0 Å². The molecule has 0 heterocycles. The van der Waals surface area contributed by atoms with Crippen molar-refractivity contribution in [3.05, 3.63) is 0 Å². The van der Waals surface area contributed by atoms with E-state index in [9.17, 15) is 18.0 Å². The van der Waals surface area contributed by atoms with Crippen molar-refractivity contribution in [2.45, 2.75) is 18.6 Å². The lowest BCUT2D eigenvalue weighted by Crippen LogP contribution is -2.40. The standard InChI is InChI=1S/C6H11NO6S.H3NO/c1-2-4(6(10)7-11)14(12,13)3-5(8)9;1-2/h4,11H,2-3H2,1H3,(H,7,10)(H,8,9);2H,1H2. The average Bonchev–Trinajstić information content (AvgIpc) is 2.19.